The molecule has 0 aliphatic carbocycles. The number of unbranched alkanes of at least 4 members (excludes halogenated alkanes) is 1. The highest BCUT2D eigenvalue weighted by Crippen LogP contribution is 2.08. The van der Waals surface area contributed by atoms with Gasteiger partial charge in [-0.15, -0.1) is 24.0 Å². The van der Waals surface area contributed by atoms with Gasteiger partial charge in [0.25, 0.3) is 0 Å². The minimum atomic E-state index is 0. The van der Waals surface area contributed by atoms with E-state index < -0.39 is 0 Å². The largest absolute Gasteiger partial charge is 0.478 e. The van der Waals surface area contributed by atoms with E-state index in [1.165, 1.54) is 6.42 Å². The van der Waals surface area contributed by atoms with Crippen molar-refractivity contribution in [2.24, 2.45) is 4.99 Å². The number of guanidine groups is 1. The van der Waals surface area contributed by atoms with Crippen molar-refractivity contribution in [1.29, 1.82) is 0 Å². The molecule has 22 heavy (non-hydrogen) atoms. The first kappa shape index (κ1) is 20.9. The van der Waals surface area contributed by atoms with Crippen LogP contribution in [0.25, 0.3) is 0 Å². The number of ether oxygens (including phenoxy) is 1. The molecule has 0 aromatic carbocycles. The van der Waals surface area contributed by atoms with Crippen molar-refractivity contribution < 1.29 is 4.74 Å². The van der Waals surface area contributed by atoms with Crippen molar-refractivity contribution in [1.82, 2.24) is 15.6 Å². The number of hydrogen-bond donors (Lipinski definition) is 2. The van der Waals surface area contributed by atoms with E-state index in [0.717, 1.165) is 37.5 Å². The summed E-state index contributed by atoms with van der Waals surface area (Å²) in [5.41, 5.74) is 1.08. The Hall–Kier alpha value is -1.05. The summed E-state index contributed by atoms with van der Waals surface area (Å²) in [6.45, 7) is 9.46. The summed E-state index contributed by atoms with van der Waals surface area (Å²) < 4.78 is 5.47. The monoisotopic (exact) mass is 420 g/mol. The maximum Gasteiger partial charge on any atom is 0.213 e. The number of aromatic nitrogens is 1. The first-order valence-electron chi connectivity index (χ1n) is 7.90. The lowest BCUT2D eigenvalue weighted by molar-refractivity contribution is 0.305. The first-order chi connectivity index (χ1) is 10.3. The third-order valence-corrected chi connectivity index (χ3v) is 2.84. The van der Waals surface area contributed by atoms with E-state index in [1.54, 1.807) is 0 Å². The Morgan fingerprint density at radius 1 is 1.18 bits per heavy atom. The third kappa shape index (κ3) is 9.07. The summed E-state index contributed by atoms with van der Waals surface area (Å²) in [5.74, 6) is 1.54. The molecule has 0 amide bonds. The second-order valence-electron chi connectivity index (χ2n) is 4.83. The molecule has 0 saturated heterocycles. The van der Waals surface area contributed by atoms with E-state index >= 15 is 0 Å². The molecule has 126 valence electrons. The van der Waals surface area contributed by atoms with Gasteiger partial charge in [-0.05, 0) is 25.3 Å². The SMILES string of the molecule is CCCCNC(=NCc1ccc(OCCC)nc1)NCC.I. The third-order valence-electron chi connectivity index (χ3n) is 2.84. The van der Waals surface area contributed by atoms with Gasteiger partial charge in [0.1, 0.15) is 0 Å². The molecule has 0 aliphatic rings. The summed E-state index contributed by atoms with van der Waals surface area (Å²) in [6.07, 6.45) is 5.14. The Kier molecular flexibility index (Phi) is 13.0. The highest BCUT2D eigenvalue weighted by Gasteiger charge is 1.99. The molecule has 0 aliphatic heterocycles. The molecule has 0 atom stereocenters. The van der Waals surface area contributed by atoms with Gasteiger partial charge in [-0.3, -0.25) is 0 Å². The Labute approximate surface area is 151 Å². The Bertz CT molecular complexity index is 409. The van der Waals surface area contributed by atoms with Gasteiger partial charge in [0.05, 0.1) is 13.2 Å². The quantitative estimate of drug-likeness (QED) is 0.279. The molecule has 1 rings (SSSR count). The minimum Gasteiger partial charge on any atom is -0.478 e. The van der Waals surface area contributed by atoms with Crippen molar-refractivity contribution in [3.8, 4) is 5.88 Å². The molecule has 0 bridgehead atoms. The van der Waals surface area contributed by atoms with Gasteiger partial charge < -0.3 is 15.4 Å². The van der Waals surface area contributed by atoms with Gasteiger partial charge in [0.15, 0.2) is 5.96 Å². The zero-order valence-electron chi connectivity index (χ0n) is 13.9. The van der Waals surface area contributed by atoms with Crippen LogP contribution in [-0.4, -0.2) is 30.6 Å². The van der Waals surface area contributed by atoms with Gasteiger partial charge in [-0.25, -0.2) is 9.98 Å². The fraction of sp³-hybridized carbons (Fsp3) is 0.625. The van der Waals surface area contributed by atoms with Crippen LogP contribution >= 0.6 is 24.0 Å². The van der Waals surface area contributed by atoms with Gasteiger partial charge in [0, 0.05) is 25.4 Å². The minimum absolute atomic E-state index is 0. The lowest BCUT2D eigenvalue weighted by Crippen LogP contribution is -2.37. The molecule has 1 aromatic heterocycles. The number of nitrogens with zero attached hydrogens (tertiary/aromatic N) is 2. The van der Waals surface area contributed by atoms with Gasteiger partial charge in [-0.2, -0.15) is 0 Å². The maximum atomic E-state index is 5.47. The lowest BCUT2D eigenvalue weighted by atomic mass is 10.3. The number of nitrogens with one attached hydrogen (secondary N) is 2. The summed E-state index contributed by atoms with van der Waals surface area (Å²) in [4.78, 5) is 8.84. The predicted molar refractivity (Wildman–Crippen MR) is 103 cm³/mol. The molecule has 0 saturated carbocycles. The normalized spacial score (nSPS) is 10.8. The van der Waals surface area contributed by atoms with Crippen LogP contribution in [0.4, 0.5) is 0 Å². The van der Waals surface area contributed by atoms with Crippen molar-refractivity contribution in [3.63, 3.8) is 0 Å². The second kappa shape index (κ2) is 13.6. The van der Waals surface area contributed by atoms with E-state index in [0.29, 0.717) is 19.0 Å². The van der Waals surface area contributed by atoms with E-state index in [2.05, 4.69) is 41.4 Å². The van der Waals surface area contributed by atoms with E-state index in [9.17, 15) is 0 Å². The van der Waals surface area contributed by atoms with Crippen molar-refractivity contribution in [2.75, 3.05) is 19.7 Å². The molecule has 0 fully saturated rings. The van der Waals surface area contributed by atoms with Crippen LogP contribution in [0, 0.1) is 0 Å². The van der Waals surface area contributed by atoms with E-state index in [1.807, 2.05) is 18.3 Å². The van der Waals surface area contributed by atoms with Crippen LogP contribution < -0.4 is 15.4 Å². The van der Waals surface area contributed by atoms with Crippen LogP contribution in [0.5, 0.6) is 5.88 Å². The van der Waals surface area contributed by atoms with Crippen molar-refractivity contribution >= 4 is 29.9 Å². The van der Waals surface area contributed by atoms with Crippen molar-refractivity contribution in [2.45, 2.75) is 46.6 Å². The molecule has 0 radical (unpaired) electrons. The highest BCUT2D eigenvalue weighted by molar-refractivity contribution is 14.0. The summed E-state index contributed by atoms with van der Waals surface area (Å²) in [6, 6.07) is 3.91. The number of halogens is 1. The molecule has 0 unspecified atom stereocenters. The summed E-state index contributed by atoms with van der Waals surface area (Å²) in [7, 11) is 0. The smallest absolute Gasteiger partial charge is 0.213 e. The van der Waals surface area contributed by atoms with Crippen LogP contribution in [0.3, 0.4) is 0 Å². The topological polar surface area (TPSA) is 58.5 Å². The number of rotatable bonds is 9. The maximum absolute atomic E-state index is 5.47. The number of hydrogen-bond acceptors (Lipinski definition) is 3. The number of aliphatic imine (C=N–C) groups is 1. The van der Waals surface area contributed by atoms with E-state index in [4.69, 9.17) is 4.74 Å². The van der Waals surface area contributed by atoms with Gasteiger partial charge in [0.2, 0.25) is 5.88 Å². The first-order valence-corrected chi connectivity index (χ1v) is 7.90. The lowest BCUT2D eigenvalue weighted by Gasteiger charge is -2.10. The molecule has 6 heteroatoms. The molecular weight excluding hydrogens is 391 g/mol. The van der Waals surface area contributed by atoms with E-state index in [-0.39, 0.29) is 24.0 Å². The molecule has 0 spiro atoms. The van der Waals surface area contributed by atoms with Crippen LogP contribution in [0.2, 0.25) is 0 Å². The van der Waals surface area contributed by atoms with Crippen LogP contribution in [0.1, 0.15) is 45.6 Å². The Morgan fingerprint density at radius 2 is 2.00 bits per heavy atom. The van der Waals surface area contributed by atoms with Crippen LogP contribution in [0.15, 0.2) is 23.3 Å². The zero-order valence-corrected chi connectivity index (χ0v) is 16.2. The highest BCUT2D eigenvalue weighted by atomic mass is 127. The fourth-order valence-corrected chi connectivity index (χ4v) is 1.69. The molecule has 5 nitrogen and oxygen atoms in total. The molecule has 1 aromatic rings. The van der Waals surface area contributed by atoms with Gasteiger partial charge >= 0.3 is 0 Å². The van der Waals surface area contributed by atoms with Gasteiger partial charge in [-0.1, -0.05) is 26.3 Å². The predicted octanol–water partition coefficient (Wildman–Crippen LogP) is 3.34. The zero-order chi connectivity index (χ0) is 15.3. The van der Waals surface area contributed by atoms with Crippen LogP contribution in [-0.2, 0) is 6.54 Å². The molecule has 2 N–H and O–H groups in total. The Balaban J connectivity index is 0.00000441. The fourth-order valence-electron chi connectivity index (χ4n) is 1.69. The molecule has 1 heterocycles. The summed E-state index contributed by atoms with van der Waals surface area (Å²) >= 11 is 0. The average Bonchev–Trinajstić information content (AvgIpc) is 2.52. The average molecular weight is 420 g/mol. The second-order valence-corrected chi connectivity index (χ2v) is 4.83. The Morgan fingerprint density at radius 3 is 2.59 bits per heavy atom. The van der Waals surface area contributed by atoms with Crippen molar-refractivity contribution in [3.05, 3.63) is 23.9 Å². The molecular formula is C16H29IN4O. The number of pyridine rings is 1. The standard InChI is InChI=1S/C16H28N4O.HI/c1-4-7-10-18-16(17-6-3)20-13-14-8-9-15(19-12-14)21-11-5-2;/h8-9,12H,4-7,10-11,13H2,1-3H3,(H2,17,18,20);1H. The summed E-state index contributed by atoms with van der Waals surface area (Å²) in [5, 5.41) is 6.57.